The van der Waals surface area contributed by atoms with E-state index >= 15 is 0 Å². The molecule has 3 aromatic heterocycles. The van der Waals surface area contributed by atoms with Crippen LogP contribution in [0.4, 0.5) is 0 Å². The highest BCUT2D eigenvalue weighted by Crippen LogP contribution is 2.22. The molecule has 1 aromatic carbocycles. The molecule has 3 heterocycles. The number of hydrogen-bond donors (Lipinski definition) is 0. The molecule has 0 saturated carbocycles. The van der Waals surface area contributed by atoms with E-state index in [1.165, 1.54) is 22.1 Å². The molecule has 0 aliphatic carbocycles. The highest BCUT2D eigenvalue weighted by molar-refractivity contribution is 7.13. The molecule has 0 atom stereocenters. The molecular formula is C17H12N2O4S. The molecule has 6 nitrogen and oxygen atoms in total. The SMILES string of the molecule is Cc1ccc2c(Cn3nc(-c4cccs4)oc3=O)cc(=O)oc2c1. The summed E-state index contributed by atoms with van der Waals surface area (Å²) in [5, 5.41) is 6.87. The highest BCUT2D eigenvalue weighted by atomic mass is 32.1. The van der Waals surface area contributed by atoms with Crippen molar-refractivity contribution in [3.63, 3.8) is 0 Å². The van der Waals surface area contributed by atoms with Crippen LogP contribution >= 0.6 is 11.3 Å². The molecule has 0 fully saturated rings. The number of fused-ring (bicyclic) bond motifs is 1. The predicted molar refractivity (Wildman–Crippen MR) is 90.4 cm³/mol. The highest BCUT2D eigenvalue weighted by Gasteiger charge is 2.13. The van der Waals surface area contributed by atoms with E-state index in [1.807, 2.05) is 36.6 Å². The zero-order chi connectivity index (χ0) is 16.7. The van der Waals surface area contributed by atoms with Crippen molar-refractivity contribution >= 4 is 22.3 Å². The number of aryl methyl sites for hydroxylation is 1. The molecule has 0 N–H and O–H groups in total. The predicted octanol–water partition coefficient (Wildman–Crippen LogP) is 3.03. The second kappa shape index (κ2) is 5.61. The fourth-order valence-electron chi connectivity index (χ4n) is 2.54. The van der Waals surface area contributed by atoms with Gasteiger partial charge in [-0.3, -0.25) is 0 Å². The van der Waals surface area contributed by atoms with Crippen molar-refractivity contribution in [2.24, 2.45) is 0 Å². The standard InChI is InChI=1S/C17H12N2O4S/c1-10-4-5-12-11(8-15(20)22-13(12)7-10)9-19-17(21)23-16(18-19)14-3-2-6-24-14/h2-8H,9H2,1H3. The van der Waals surface area contributed by atoms with Crippen LogP contribution in [-0.2, 0) is 6.54 Å². The van der Waals surface area contributed by atoms with Gasteiger partial charge in [0, 0.05) is 11.5 Å². The van der Waals surface area contributed by atoms with Gasteiger partial charge in [0.05, 0.1) is 11.4 Å². The Morgan fingerprint density at radius 2 is 2.04 bits per heavy atom. The summed E-state index contributed by atoms with van der Waals surface area (Å²) in [5.41, 5.74) is 1.68. The maximum atomic E-state index is 12.1. The summed E-state index contributed by atoms with van der Waals surface area (Å²) in [5.74, 6) is -0.287. The van der Waals surface area contributed by atoms with E-state index in [4.69, 9.17) is 8.83 Å². The molecule has 0 amide bonds. The first-order valence-corrected chi connectivity index (χ1v) is 8.13. The Labute approximate surface area is 139 Å². The minimum atomic E-state index is -0.563. The Hall–Kier alpha value is -2.93. The van der Waals surface area contributed by atoms with Crippen LogP contribution in [0.3, 0.4) is 0 Å². The van der Waals surface area contributed by atoms with E-state index in [0.29, 0.717) is 11.1 Å². The van der Waals surface area contributed by atoms with Gasteiger partial charge in [0.25, 0.3) is 5.89 Å². The van der Waals surface area contributed by atoms with Crippen molar-refractivity contribution in [1.82, 2.24) is 9.78 Å². The van der Waals surface area contributed by atoms with Gasteiger partial charge in [-0.1, -0.05) is 18.2 Å². The number of aromatic nitrogens is 2. The van der Waals surface area contributed by atoms with E-state index in [0.717, 1.165) is 15.8 Å². The Morgan fingerprint density at radius 3 is 2.83 bits per heavy atom. The first kappa shape index (κ1) is 14.6. The summed E-state index contributed by atoms with van der Waals surface area (Å²) >= 11 is 1.44. The molecule has 4 aromatic rings. The van der Waals surface area contributed by atoms with E-state index < -0.39 is 11.4 Å². The summed E-state index contributed by atoms with van der Waals surface area (Å²) < 4.78 is 11.6. The van der Waals surface area contributed by atoms with Gasteiger partial charge in [0.15, 0.2) is 0 Å². The monoisotopic (exact) mass is 340 g/mol. The lowest BCUT2D eigenvalue weighted by Crippen LogP contribution is -2.17. The molecule has 4 rings (SSSR count). The lowest BCUT2D eigenvalue weighted by molar-refractivity contribution is 0.494. The molecule has 7 heteroatoms. The molecule has 24 heavy (non-hydrogen) atoms. The number of benzene rings is 1. The van der Waals surface area contributed by atoms with E-state index in [9.17, 15) is 9.59 Å². The Bertz CT molecular complexity index is 1140. The third-order valence-electron chi connectivity index (χ3n) is 3.64. The largest absolute Gasteiger partial charge is 0.437 e. The lowest BCUT2D eigenvalue weighted by atomic mass is 10.1. The average molecular weight is 340 g/mol. The van der Waals surface area contributed by atoms with Crippen LogP contribution in [0.2, 0.25) is 0 Å². The normalized spacial score (nSPS) is 11.2. The smallest absolute Gasteiger partial charge is 0.423 e. The van der Waals surface area contributed by atoms with Crippen LogP contribution in [0.5, 0.6) is 0 Å². The molecule has 0 unspecified atom stereocenters. The minimum absolute atomic E-state index is 0.138. The number of rotatable bonds is 3. The number of thiophene rings is 1. The van der Waals surface area contributed by atoms with Crippen LogP contribution in [0.25, 0.3) is 21.7 Å². The first-order valence-electron chi connectivity index (χ1n) is 7.25. The summed E-state index contributed by atoms with van der Waals surface area (Å²) in [7, 11) is 0. The van der Waals surface area contributed by atoms with Gasteiger partial charge < -0.3 is 8.83 Å². The van der Waals surface area contributed by atoms with Gasteiger partial charge in [0.2, 0.25) is 0 Å². The molecule has 0 spiro atoms. The van der Waals surface area contributed by atoms with Crippen LogP contribution in [-0.4, -0.2) is 9.78 Å². The van der Waals surface area contributed by atoms with Crippen molar-refractivity contribution in [2.75, 3.05) is 0 Å². The summed E-state index contributed by atoms with van der Waals surface area (Å²) in [4.78, 5) is 24.6. The zero-order valence-corrected chi connectivity index (χ0v) is 13.5. The molecule has 0 saturated heterocycles. The van der Waals surface area contributed by atoms with E-state index in [1.54, 1.807) is 6.07 Å². The van der Waals surface area contributed by atoms with Crippen molar-refractivity contribution in [3.05, 3.63) is 73.9 Å². The quantitative estimate of drug-likeness (QED) is 0.536. The zero-order valence-electron chi connectivity index (χ0n) is 12.7. The van der Waals surface area contributed by atoms with Crippen molar-refractivity contribution in [1.29, 1.82) is 0 Å². The molecule has 0 radical (unpaired) electrons. The third-order valence-corrected chi connectivity index (χ3v) is 4.50. The van der Waals surface area contributed by atoms with Crippen LogP contribution in [0.1, 0.15) is 11.1 Å². The van der Waals surface area contributed by atoms with Crippen LogP contribution in [0.15, 0.2) is 60.2 Å². The van der Waals surface area contributed by atoms with Gasteiger partial charge in [-0.25, -0.2) is 9.59 Å². The van der Waals surface area contributed by atoms with Crippen molar-refractivity contribution < 1.29 is 8.83 Å². The van der Waals surface area contributed by atoms with Gasteiger partial charge in [0.1, 0.15) is 5.58 Å². The molecular weight excluding hydrogens is 328 g/mol. The number of nitrogens with zero attached hydrogens (tertiary/aromatic N) is 2. The lowest BCUT2D eigenvalue weighted by Gasteiger charge is -2.05. The maximum Gasteiger partial charge on any atom is 0.437 e. The van der Waals surface area contributed by atoms with Gasteiger partial charge in [-0.15, -0.1) is 16.4 Å². The molecule has 0 aliphatic heterocycles. The molecule has 120 valence electrons. The van der Waals surface area contributed by atoms with Gasteiger partial charge in [-0.2, -0.15) is 4.68 Å². The maximum absolute atomic E-state index is 12.1. The molecule has 0 aliphatic rings. The molecule has 0 bridgehead atoms. The number of hydrogen-bond acceptors (Lipinski definition) is 6. The fraction of sp³-hybridized carbons (Fsp3) is 0.118. The summed E-state index contributed by atoms with van der Waals surface area (Å²) in [6.07, 6.45) is 0. The Morgan fingerprint density at radius 1 is 1.17 bits per heavy atom. The van der Waals surface area contributed by atoms with Gasteiger partial charge >= 0.3 is 11.4 Å². The van der Waals surface area contributed by atoms with E-state index in [-0.39, 0.29) is 12.4 Å². The summed E-state index contributed by atoms with van der Waals surface area (Å²) in [6.45, 7) is 2.06. The topological polar surface area (TPSA) is 78.2 Å². The van der Waals surface area contributed by atoms with Crippen LogP contribution in [0, 0.1) is 6.92 Å². The fourth-order valence-corrected chi connectivity index (χ4v) is 3.18. The second-order valence-corrected chi connectivity index (χ2v) is 6.35. The summed E-state index contributed by atoms with van der Waals surface area (Å²) in [6, 6.07) is 10.7. The first-order chi connectivity index (χ1) is 11.6. The van der Waals surface area contributed by atoms with Gasteiger partial charge in [-0.05, 0) is 35.6 Å². The third kappa shape index (κ3) is 2.59. The van der Waals surface area contributed by atoms with Crippen molar-refractivity contribution in [3.8, 4) is 10.8 Å². The Kier molecular flexibility index (Phi) is 3.42. The van der Waals surface area contributed by atoms with E-state index in [2.05, 4.69) is 5.10 Å². The second-order valence-electron chi connectivity index (χ2n) is 5.40. The van der Waals surface area contributed by atoms with Crippen molar-refractivity contribution in [2.45, 2.75) is 13.5 Å². The van der Waals surface area contributed by atoms with Crippen LogP contribution < -0.4 is 11.4 Å². The minimum Gasteiger partial charge on any atom is -0.423 e. The Balaban J connectivity index is 1.80. The average Bonchev–Trinajstić information content (AvgIpc) is 3.17.